The molecule has 1 aliphatic rings. The van der Waals surface area contributed by atoms with E-state index in [4.69, 9.17) is 4.74 Å². The first-order chi connectivity index (χ1) is 8.79. The molecule has 3 nitrogen and oxygen atoms in total. The van der Waals surface area contributed by atoms with Gasteiger partial charge < -0.3 is 4.74 Å². The van der Waals surface area contributed by atoms with Crippen molar-refractivity contribution < 1.29 is 9.53 Å². The summed E-state index contributed by atoms with van der Waals surface area (Å²) in [4.78, 5) is 14.0. The van der Waals surface area contributed by atoms with Gasteiger partial charge in [-0.3, -0.25) is 9.69 Å². The maximum absolute atomic E-state index is 11.6. The molecule has 0 aliphatic carbocycles. The van der Waals surface area contributed by atoms with Crippen LogP contribution in [0.2, 0.25) is 0 Å². The molecule has 0 amide bonds. The summed E-state index contributed by atoms with van der Waals surface area (Å²) in [6.45, 7) is 5.19. The van der Waals surface area contributed by atoms with Crippen molar-refractivity contribution in [3.63, 3.8) is 0 Å². The summed E-state index contributed by atoms with van der Waals surface area (Å²) in [5.41, 5.74) is 1.30. The Morgan fingerprint density at radius 1 is 1.39 bits per heavy atom. The number of Topliss-reactive ketones (excluding diaryl/α,β-unsaturated/α-hetero) is 1. The van der Waals surface area contributed by atoms with Gasteiger partial charge >= 0.3 is 0 Å². The second kappa shape index (κ2) is 6.66. The number of rotatable bonds is 5. The van der Waals surface area contributed by atoms with Crippen LogP contribution in [0.3, 0.4) is 0 Å². The van der Waals surface area contributed by atoms with E-state index in [1.807, 2.05) is 13.0 Å². The van der Waals surface area contributed by atoms with E-state index < -0.39 is 0 Å². The van der Waals surface area contributed by atoms with Crippen LogP contribution in [0.25, 0.3) is 0 Å². The van der Waals surface area contributed by atoms with Crippen LogP contribution in [0.4, 0.5) is 0 Å². The van der Waals surface area contributed by atoms with Crippen LogP contribution in [-0.4, -0.2) is 36.5 Å². The lowest BCUT2D eigenvalue weighted by Gasteiger charge is -2.35. The molecule has 2 rings (SSSR count). The summed E-state index contributed by atoms with van der Waals surface area (Å²) in [5, 5.41) is 0. The van der Waals surface area contributed by atoms with Gasteiger partial charge in [0.05, 0.1) is 13.2 Å². The minimum Gasteiger partial charge on any atom is -0.378 e. The maximum atomic E-state index is 11.6. The van der Waals surface area contributed by atoms with Crippen molar-refractivity contribution in [2.24, 2.45) is 0 Å². The molecule has 1 fully saturated rings. The smallest absolute Gasteiger partial charge is 0.134 e. The second-order valence-electron chi connectivity index (χ2n) is 4.78. The van der Waals surface area contributed by atoms with Crippen LogP contribution >= 0.6 is 0 Å². The molecule has 0 bridgehead atoms. The Morgan fingerprint density at radius 2 is 2.17 bits per heavy atom. The van der Waals surface area contributed by atoms with Gasteiger partial charge in [0.15, 0.2) is 0 Å². The first-order valence-corrected chi connectivity index (χ1v) is 6.67. The van der Waals surface area contributed by atoms with E-state index in [2.05, 4.69) is 29.2 Å². The predicted molar refractivity (Wildman–Crippen MR) is 71.4 cm³/mol. The number of ether oxygens (including phenoxy) is 1. The molecule has 1 atom stereocenters. The first kappa shape index (κ1) is 13.2. The molecule has 3 heteroatoms. The maximum Gasteiger partial charge on any atom is 0.134 e. The third-order valence-corrected chi connectivity index (χ3v) is 3.44. The zero-order chi connectivity index (χ0) is 12.8. The third-order valence-electron chi connectivity index (χ3n) is 3.44. The van der Waals surface area contributed by atoms with E-state index in [0.29, 0.717) is 25.2 Å². The highest BCUT2D eigenvalue weighted by atomic mass is 16.5. The van der Waals surface area contributed by atoms with E-state index in [-0.39, 0.29) is 6.04 Å². The minimum absolute atomic E-state index is 0.242. The van der Waals surface area contributed by atoms with Crippen LogP contribution in [0.1, 0.15) is 25.3 Å². The molecule has 1 unspecified atom stereocenters. The average molecular weight is 247 g/mol. The van der Waals surface area contributed by atoms with Crippen molar-refractivity contribution in [2.45, 2.75) is 32.4 Å². The van der Waals surface area contributed by atoms with Crippen molar-refractivity contribution in [2.75, 3.05) is 19.8 Å². The normalized spacial score (nSPS) is 20.8. The number of carbonyl (C=O) groups is 1. The Kier molecular flexibility index (Phi) is 4.90. The Hall–Kier alpha value is -1.19. The lowest BCUT2D eigenvalue weighted by molar-refractivity contribution is -0.122. The lowest BCUT2D eigenvalue weighted by atomic mass is 10.1. The number of morpholine rings is 1. The highest BCUT2D eigenvalue weighted by Crippen LogP contribution is 2.15. The molecule has 98 valence electrons. The number of benzene rings is 1. The summed E-state index contributed by atoms with van der Waals surface area (Å²) in [7, 11) is 0. The topological polar surface area (TPSA) is 29.5 Å². The van der Waals surface area contributed by atoms with E-state index in [1.165, 1.54) is 5.56 Å². The van der Waals surface area contributed by atoms with Crippen molar-refractivity contribution in [1.82, 2.24) is 4.90 Å². The number of ketones is 1. The van der Waals surface area contributed by atoms with Crippen LogP contribution in [-0.2, 0) is 16.1 Å². The van der Waals surface area contributed by atoms with Gasteiger partial charge in [-0.15, -0.1) is 0 Å². The fraction of sp³-hybridized carbons (Fsp3) is 0.533. The van der Waals surface area contributed by atoms with Crippen molar-refractivity contribution >= 4 is 5.78 Å². The number of nitrogens with zero attached hydrogens (tertiary/aromatic N) is 1. The van der Waals surface area contributed by atoms with E-state index in [9.17, 15) is 4.79 Å². The van der Waals surface area contributed by atoms with Gasteiger partial charge in [0.25, 0.3) is 0 Å². The predicted octanol–water partition coefficient (Wildman–Crippen LogP) is 2.26. The monoisotopic (exact) mass is 247 g/mol. The molecule has 0 N–H and O–H groups in total. The first-order valence-electron chi connectivity index (χ1n) is 6.67. The summed E-state index contributed by atoms with van der Waals surface area (Å²) in [6.07, 6.45) is 1.24. The summed E-state index contributed by atoms with van der Waals surface area (Å²) in [6, 6.07) is 10.7. The molecular weight excluding hydrogens is 226 g/mol. The second-order valence-corrected chi connectivity index (χ2v) is 4.78. The molecule has 1 aromatic rings. The van der Waals surface area contributed by atoms with E-state index in [1.54, 1.807) is 0 Å². The molecule has 1 aliphatic heterocycles. The molecule has 18 heavy (non-hydrogen) atoms. The SMILES string of the molecule is CCC(=O)CC1COCCN1Cc1ccccc1. The summed E-state index contributed by atoms with van der Waals surface area (Å²) >= 11 is 0. The molecule has 0 saturated carbocycles. The highest BCUT2D eigenvalue weighted by Gasteiger charge is 2.24. The van der Waals surface area contributed by atoms with E-state index in [0.717, 1.165) is 19.7 Å². The van der Waals surface area contributed by atoms with Crippen molar-refractivity contribution in [3.8, 4) is 0 Å². The third kappa shape index (κ3) is 3.65. The summed E-state index contributed by atoms with van der Waals surface area (Å²) in [5.74, 6) is 0.323. The van der Waals surface area contributed by atoms with Gasteiger partial charge in [0.1, 0.15) is 5.78 Å². The van der Waals surface area contributed by atoms with Crippen LogP contribution in [0, 0.1) is 0 Å². The van der Waals surface area contributed by atoms with E-state index >= 15 is 0 Å². The standard InChI is InChI=1S/C15H21NO2/c1-2-15(17)10-14-12-18-9-8-16(14)11-13-6-4-3-5-7-13/h3-7,14H,2,8-12H2,1H3. The van der Waals surface area contributed by atoms with Crippen LogP contribution < -0.4 is 0 Å². The number of carbonyl (C=O) groups excluding carboxylic acids is 1. The number of hydrogen-bond acceptors (Lipinski definition) is 3. The van der Waals surface area contributed by atoms with Gasteiger partial charge in [0, 0.05) is 32.0 Å². The highest BCUT2D eigenvalue weighted by molar-refractivity contribution is 5.78. The minimum atomic E-state index is 0.242. The molecule has 0 radical (unpaired) electrons. The Morgan fingerprint density at radius 3 is 2.89 bits per heavy atom. The molecule has 0 spiro atoms. The van der Waals surface area contributed by atoms with Crippen molar-refractivity contribution in [1.29, 1.82) is 0 Å². The molecule has 1 saturated heterocycles. The van der Waals surface area contributed by atoms with Crippen LogP contribution in [0.15, 0.2) is 30.3 Å². The van der Waals surface area contributed by atoms with Gasteiger partial charge in [-0.2, -0.15) is 0 Å². The Labute approximate surface area is 109 Å². The molecular formula is C15H21NO2. The van der Waals surface area contributed by atoms with Gasteiger partial charge in [-0.1, -0.05) is 37.3 Å². The Bertz CT molecular complexity index is 377. The van der Waals surface area contributed by atoms with Gasteiger partial charge in [-0.05, 0) is 5.56 Å². The zero-order valence-electron chi connectivity index (χ0n) is 11.0. The number of hydrogen-bond donors (Lipinski definition) is 0. The molecule has 1 heterocycles. The van der Waals surface area contributed by atoms with Gasteiger partial charge in [0.2, 0.25) is 0 Å². The quantitative estimate of drug-likeness (QED) is 0.799. The Balaban J connectivity index is 1.97. The lowest BCUT2D eigenvalue weighted by Crippen LogP contribution is -2.45. The zero-order valence-corrected chi connectivity index (χ0v) is 11.0. The average Bonchev–Trinajstić information content (AvgIpc) is 2.42. The largest absolute Gasteiger partial charge is 0.378 e. The summed E-state index contributed by atoms with van der Waals surface area (Å²) < 4.78 is 5.50. The fourth-order valence-electron chi connectivity index (χ4n) is 2.31. The fourth-order valence-corrected chi connectivity index (χ4v) is 2.31. The molecule has 0 aromatic heterocycles. The van der Waals surface area contributed by atoms with Crippen molar-refractivity contribution in [3.05, 3.63) is 35.9 Å². The van der Waals surface area contributed by atoms with Crippen LogP contribution in [0.5, 0.6) is 0 Å². The molecule has 1 aromatic carbocycles. The van der Waals surface area contributed by atoms with Gasteiger partial charge in [-0.25, -0.2) is 0 Å².